The lowest BCUT2D eigenvalue weighted by atomic mass is 10.0. The molecule has 1 N–H and O–H groups in total. The number of carbonyl (C=O) groups is 1. The van der Waals surface area contributed by atoms with Gasteiger partial charge >= 0.3 is 5.97 Å². The number of nitrogens with zero attached hydrogens (tertiary/aromatic N) is 2. The SMILES string of the molecule is CC(C)(C)OC(=O)CS(=O)(=O)CCc1ccc(-c2ncnc3[nH]ccc23)cc1F. The van der Waals surface area contributed by atoms with Gasteiger partial charge in [0.2, 0.25) is 0 Å². The van der Waals surface area contributed by atoms with Gasteiger partial charge in [0.1, 0.15) is 29.1 Å². The zero-order chi connectivity index (χ0) is 21.2. The standard InChI is InChI=1S/C20H22FN3O4S/c1-20(2,3)28-17(25)11-29(26,27)9-7-13-4-5-14(10-16(13)21)18-15-6-8-22-19(15)24-12-23-18/h4-6,8,10,12H,7,9,11H2,1-3H3,(H,22,23,24). The van der Waals surface area contributed by atoms with Crippen LogP contribution in [0.3, 0.4) is 0 Å². The van der Waals surface area contributed by atoms with Crippen LogP contribution in [0.5, 0.6) is 0 Å². The Labute approximate surface area is 168 Å². The molecule has 3 aromatic rings. The topological polar surface area (TPSA) is 102 Å². The minimum Gasteiger partial charge on any atom is -0.459 e. The summed E-state index contributed by atoms with van der Waals surface area (Å²) in [4.78, 5) is 23.0. The quantitative estimate of drug-likeness (QED) is 0.616. The fraction of sp³-hybridized carbons (Fsp3) is 0.350. The number of fused-ring (bicyclic) bond motifs is 1. The van der Waals surface area contributed by atoms with Gasteiger partial charge in [0.25, 0.3) is 0 Å². The summed E-state index contributed by atoms with van der Waals surface area (Å²) in [6.07, 6.45) is 3.08. The minimum atomic E-state index is -3.72. The first-order valence-electron chi connectivity index (χ1n) is 9.03. The van der Waals surface area contributed by atoms with Crippen LogP contribution >= 0.6 is 0 Å². The Kier molecular flexibility index (Phi) is 5.70. The Morgan fingerprint density at radius 1 is 1.21 bits per heavy atom. The first-order valence-corrected chi connectivity index (χ1v) is 10.9. The van der Waals surface area contributed by atoms with Crippen LogP contribution in [0.1, 0.15) is 26.3 Å². The lowest BCUT2D eigenvalue weighted by Crippen LogP contribution is -2.29. The van der Waals surface area contributed by atoms with Gasteiger partial charge in [-0.05, 0) is 44.9 Å². The van der Waals surface area contributed by atoms with Gasteiger partial charge in [0, 0.05) is 17.1 Å². The number of halogens is 1. The number of benzene rings is 1. The molecule has 0 aliphatic rings. The van der Waals surface area contributed by atoms with E-state index in [0.717, 1.165) is 5.39 Å². The molecule has 0 unspecified atom stereocenters. The van der Waals surface area contributed by atoms with Crippen molar-refractivity contribution < 1.29 is 22.3 Å². The molecule has 0 atom stereocenters. The van der Waals surface area contributed by atoms with Crippen LogP contribution in [0.4, 0.5) is 4.39 Å². The van der Waals surface area contributed by atoms with Gasteiger partial charge in [-0.25, -0.2) is 22.8 Å². The van der Waals surface area contributed by atoms with Gasteiger partial charge in [-0.2, -0.15) is 0 Å². The summed E-state index contributed by atoms with van der Waals surface area (Å²) in [6.45, 7) is 4.98. The van der Waals surface area contributed by atoms with Crippen LogP contribution in [-0.4, -0.2) is 46.4 Å². The van der Waals surface area contributed by atoms with Gasteiger partial charge in [-0.15, -0.1) is 0 Å². The number of carbonyl (C=O) groups excluding carboxylic acids is 1. The summed E-state index contributed by atoms with van der Waals surface area (Å²) in [5, 5.41) is 0.764. The van der Waals surface area contributed by atoms with Crippen LogP contribution in [0.15, 0.2) is 36.8 Å². The summed E-state index contributed by atoms with van der Waals surface area (Å²) >= 11 is 0. The van der Waals surface area contributed by atoms with Crippen LogP contribution in [-0.2, 0) is 25.8 Å². The fourth-order valence-electron chi connectivity index (χ4n) is 2.89. The van der Waals surface area contributed by atoms with Crippen molar-refractivity contribution in [3.05, 3.63) is 48.2 Å². The number of aryl methyl sites for hydroxylation is 1. The molecule has 0 radical (unpaired) electrons. The van der Waals surface area contributed by atoms with Gasteiger partial charge < -0.3 is 9.72 Å². The molecule has 3 rings (SSSR count). The molecule has 1 aromatic carbocycles. The van der Waals surface area contributed by atoms with E-state index in [1.54, 1.807) is 39.1 Å². The average molecular weight is 419 g/mol. The number of aromatic nitrogens is 3. The lowest BCUT2D eigenvalue weighted by molar-refractivity contribution is -0.151. The van der Waals surface area contributed by atoms with Gasteiger partial charge in [-0.3, -0.25) is 4.79 Å². The number of ether oxygens (including phenoxy) is 1. The summed E-state index contributed by atoms with van der Waals surface area (Å²) in [5.74, 6) is -2.42. The Hall–Kier alpha value is -2.81. The van der Waals surface area contributed by atoms with E-state index in [2.05, 4.69) is 15.0 Å². The number of sulfone groups is 1. The van der Waals surface area contributed by atoms with Crippen molar-refractivity contribution in [3.8, 4) is 11.3 Å². The second-order valence-corrected chi connectivity index (χ2v) is 9.88. The molecular weight excluding hydrogens is 397 g/mol. The maximum absolute atomic E-state index is 14.6. The van der Waals surface area contributed by atoms with Gasteiger partial charge in [0.15, 0.2) is 9.84 Å². The third-order valence-corrected chi connectivity index (χ3v) is 5.62. The van der Waals surface area contributed by atoms with E-state index in [0.29, 0.717) is 16.9 Å². The number of esters is 1. The van der Waals surface area contributed by atoms with E-state index >= 15 is 0 Å². The Morgan fingerprint density at radius 3 is 2.66 bits per heavy atom. The molecule has 7 nitrogen and oxygen atoms in total. The molecule has 0 fully saturated rings. The predicted molar refractivity (Wildman–Crippen MR) is 107 cm³/mol. The highest BCUT2D eigenvalue weighted by Gasteiger charge is 2.23. The second kappa shape index (κ2) is 7.90. The first-order chi connectivity index (χ1) is 13.5. The van der Waals surface area contributed by atoms with Crippen LogP contribution in [0.25, 0.3) is 22.3 Å². The van der Waals surface area contributed by atoms with E-state index in [4.69, 9.17) is 4.74 Å². The third kappa shape index (κ3) is 5.38. The van der Waals surface area contributed by atoms with Crippen molar-refractivity contribution in [1.29, 1.82) is 0 Å². The highest BCUT2D eigenvalue weighted by Crippen LogP contribution is 2.26. The van der Waals surface area contributed by atoms with Gasteiger partial charge in [0.05, 0.1) is 11.4 Å². The Balaban J connectivity index is 1.71. The molecule has 0 spiro atoms. The zero-order valence-electron chi connectivity index (χ0n) is 16.4. The van der Waals surface area contributed by atoms with Crippen LogP contribution < -0.4 is 0 Å². The maximum Gasteiger partial charge on any atom is 0.321 e. The highest BCUT2D eigenvalue weighted by atomic mass is 32.2. The highest BCUT2D eigenvalue weighted by molar-refractivity contribution is 7.92. The van der Waals surface area contributed by atoms with Crippen molar-refractivity contribution in [1.82, 2.24) is 15.0 Å². The maximum atomic E-state index is 14.6. The molecule has 0 aliphatic heterocycles. The smallest absolute Gasteiger partial charge is 0.321 e. The van der Waals surface area contributed by atoms with Crippen molar-refractivity contribution >= 4 is 26.8 Å². The summed E-state index contributed by atoms with van der Waals surface area (Å²) in [6, 6.07) is 6.35. The number of hydrogen-bond acceptors (Lipinski definition) is 6. The number of H-pyrrole nitrogens is 1. The fourth-order valence-corrected chi connectivity index (χ4v) is 3.98. The molecule has 0 aliphatic carbocycles. The Bertz CT molecular complexity index is 1150. The summed E-state index contributed by atoms with van der Waals surface area (Å²) in [5.41, 5.74) is 1.28. The average Bonchev–Trinajstić information content (AvgIpc) is 3.07. The third-order valence-electron chi connectivity index (χ3n) is 4.12. The molecule has 0 saturated carbocycles. The molecule has 2 aromatic heterocycles. The number of hydrogen-bond donors (Lipinski definition) is 1. The van der Waals surface area contributed by atoms with E-state index in [9.17, 15) is 17.6 Å². The van der Waals surface area contributed by atoms with E-state index in [-0.39, 0.29) is 17.7 Å². The summed E-state index contributed by atoms with van der Waals surface area (Å²) in [7, 11) is -3.72. The summed E-state index contributed by atoms with van der Waals surface area (Å²) < 4.78 is 44.0. The van der Waals surface area contributed by atoms with Crippen molar-refractivity contribution in [3.63, 3.8) is 0 Å². The molecule has 29 heavy (non-hydrogen) atoms. The van der Waals surface area contributed by atoms with Crippen molar-refractivity contribution in [2.75, 3.05) is 11.5 Å². The molecule has 0 saturated heterocycles. The molecule has 9 heteroatoms. The van der Waals surface area contributed by atoms with Gasteiger partial charge in [-0.1, -0.05) is 12.1 Å². The molecule has 2 heterocycles. The Morgan fingerprint density at radius 2 is 1.97 bits per heavy atom. The predicted octanol–water partition coefficient (Wildman–Crippen LogP) is 3.06. The molecule has 0 amide bonds. The van der Waals surface area contributed by atoms with E-state index in [1.165, 1.54) is 18.5 Å². The van der Waals surface area contributed by atoms with Crippen LogP contribution in [0, 0.1) is 5.82 Å². The van der Waals surface area contributed by atoms with Crippen molar-refractivity contribution in [2.24, 2.45) is 0 Å². The largest absolute Gasteiger partial charge is 0.459 e. The molecular formula is C20H22FN3O4S. The minimum absolute atomic E-state index is 0.0411. The van der Waals surface area contributed by atoms with E-state index in [1.807, 2.05) is 0 Å². The van der Waals surface area contributed by atoms with Crippen molar-refractivity contribution in [2.45, 2.75) is 32.8 Å². The normalized spacial score (nSPS) is 12.3. The number of rotatable bonds is 6. The first kappa shape index (κ1) is 20.9. The van der Waals surface area contributed by atoms with Crippen LogP contribution in [0.2, 0.25) is 0 Å². The second-order valence-electron chi connectivity index (χ2n) is 7.70. The monoisotopic (exact) mass is 419 g/mol. The zero-order valence-corrected chi connectivity index (χ0v) is 17.2. The molecule has 0 bridgehead atoms. The molecule has 154 valence electrons. The number of nitrogens with one attached hydrogen (secondary N) is 1. The lowest BCUT2D eigenvalue weighted by Gasteiger charge is -2.19. The number of aromatic amines is 1. The van der Waals surface area contributed by atoms with E-state index < -0.39 is 33.0 Å².